The number of sulfonamides is 1. The maximum Gasteiger partial charge on any atom is 0.261 e. The minimum Gasteiger partial charge on any atom is -0.494 e. The molecule has 1 aliphatic carbocycles. The van der Waals surface area contributed by atoms with Gasteiger partial charge in [-0.1, -0.05) is 0 Å². The molecule has 1 saturated carbocycles. The van der Waals surface area contributed by atoms with Crippen molar-refractivity contribution in [3.63, 3.8) is 0 Å². The zero-order valence-corrected chi connectivity index (χ0v) is 16.9. The third-order valence-electron chi connectivity index (χ3n) is 5.18. The summed E-state index contributed by atoms with van der Waals surface area (Å²) in [4.78, 5) is 14.4. The zero-order chi connectivity index (χ0) is 19.9. The quantitative estimate of drug-likeness (QED) is 0.805. The Labute approximate surface area is 165 Å². The van der Waals surface area contributed by atoms with E-state index in [0.29, 0.717) is 24.6 Å². The molecule has 1 aliphatic heterocycles. The van der Waals surface area contributed by atoms with E-state index in [1.807, 2.05) is 30.9 Å². The van der Waals surface area contributed by atoms with E-state index in [-0.39, 0.29) is 16.7 Å². The van der Waals surface area contributed by atoms with Crippen LogP contribution in [0.25, 0.3) is 0 Å². The van der Waals surface area contributed by atoms with Gasteiger partial charge in [0.25, 0.3) is 10.0 Å². The lowest BCUT2D eigenvalue weighted by atomic mass is 10.1. The second kappa shape index (κ2) is 7.13. The zero-order valence-electron chi connectivity index (χ0n) is 16.1. The number of hydrogen-bond donors (Lipinski definition) is 1. The van der Waals surface area contributed by atoms with Gasteiger partial charge in [0.15, 0.2) is 0 Å². The molecule has 1 amide bonds. The Kier molecular flexibility index (Phi) is 4.79. The Balaban J connectivity index is 1.54. The second-order valence-electron chi connectivity index (χ2n) is 7.32. The molecule has 1 heterocycles. The lowest BCUT2D eigenvalue weighted by Gasteiger charge is -2.17. The topological polar surface area (TPSA) is 75.7 Å². The van der Waals surface area contributed by atoms with E-state index < -0.39 is 10.0 Å². The lowest BCUT2D eigenvalue weighted by Crippen LogP contribution is -2.30. The first kappa shape index (κ1) is 18.8. The maximum atomic E-state index is 12.8. The number of rotatable bonds is 6. The monoisotopic (exact) mass is 400 g/mol. The van der Waals surface area contributed by atoms with Crippen molar-refractivity contribution in [2.75, 3.05) is 22.8 Å². The maximum absolute atomic E-state index is 12.8. The lowest BCUT2D eigenvalue weighted by molar-refractivity contribution is -0.119. The third kappa shape index (κ3) is 3.58. The SMILES string of the molecule is CCOc1ccc(S(=O)(=O)Nc2ccc3c(c2)CCN3C(=O)C2CC2)cc1C. The van der Waals surface area contributed by atoms with E-state index in [0.717, 1.165) is 36.1 Å². The number of benzene rings is 2. The number of nitrogens with zero attached hydrogens (tertiary/aromatic N) is 1. The van der Waals surface area contributed by atoms with Gasteiger partial charge in [0.2, 0.25) is 5.91 Å². The fourth-order valence-corrected chi connectivity index (χ4v) is 4.70. The summed E-state index contributed by atoms with van der Waals surface area (Å²) in [5, 5.41) is 0. The van der Waals surface area contributed by atoms with Crippen LogP contribution in [0.1, 0.15) is 30.9 Å². The number of anilines is 2. The number of hydrogen-bond acceptors (Lipinski definition) is 4. The molecule has 0 radical (unpaired) electrons. The highest BCUT2D eigenvalue weighted by Crippen LogP contribution is 2.37. The number of aryl methyl sites for hydroxylation is 1. The van der Waals surface area contributed by atoms with Gasteiger partial charge < -0.3 is 9.64 Å². The summed E-state index contributed by atoms with van der Waals surface area (Å²) in [7, 11) is -3.70. The average molecular weight is 401 g/mol. The molecule has 2 aliphatic rings. The second-order valence-corrected chi connectivity index (χ2v) is 9.01. The first-order chi connectivity index (χ1) is 13.4. The molecule has 7 heteroatoms. The molecule has 1 fully saturated rings. The van der Waals surface area contributed by atoms with Crippen molar-refractivity contribution in [2.45, 2.75) is 38.0 Å². The Morgan fingerprint density at radius 1 is 1.21 bits per heavy atom. The number of amides is 1. The molecule has 2 aromatic carbocycles. The van der Waals surface area contributed by atoms with E-state index >= 15 is 0 Å². The molecule has 0 atom stereocenters. The largest absolute Gasteiger partial charge is 0.494 e. The van der Waals surface area contributed by atoms with Crippen LogP contribution in [-0.2, 0) is 21.2 Å². The molecule has 0 unspecified atom stereocenters. The van der Waals surface area contributed by atoms with E-state index in [1.165, 1.54) is 0 Å². The van der Waals surface area contributed by atoms with Crippen LogP contribution in [0.2, 0.25) is 0 Å². The molecule has 28 heavy (non-hydrogen) atoms. The molecule has 6 nitrogen and oxygen atoms in total. The summed E-state index contributed by atoms with van der Waals surface area (Å²) in [5.41, 5.74) is 3.17. The van der Waals surface area contributed by atoms with Gasteiger partial charge in [-0.2, -0.15) is 0 Å². The highest BCUT2D eigenvalue weighted by atomic mass is 32.2. The standard InChI is InChI=1S/C21H24N2O4S/c1-3-27-20-9-7-18(12-14(20)2)28(25,26)22-17-6-8-19-16(13-17)10-11-23(19)21(24)15-4-5-15/h6-9,12-13,15,22H,3-5,10-11H2,1-2H3. The molecule has 0 aromatic heterocycles. The number of carbonyl (C=O) groups excluding carboxylic acids is 1. The van der Waals surface area contributed by atoms with Crippen molar-refractivity contribution >= 4 is 27.3 Å². The van der Waals surface area contributed by atoms with Crippen LogP contribution in [0.4, 0.5) is 11.4 Å². The molecule has 4 rings (SSSR count). The van der Waals surface area contributed by atoms with E-state index in [1.54, 1.807) is 24.3 Å². The minimum atomic E-state index is -3.70. The Morgan fingerprint density at radius 3 is 2.68 bits per heavy atom. The van der Waals surface area contributed by atoms with Crippen LogP contribution in [0.3, 0.4) is 0 Å². The summed E-state index contributed by atoms with van der Waals surface area (Å²) >= 11 is 0. The molecule has 0 spiro atoms. The van der Waals surface area contributed by atoms with Gasteiger partial charge in [-0.25, -0.2) is 8.42 Å². The number of fused-ring (bicyclic) bond motifs is 1. The molecule has 2 aromatic rings. The van der Waals surface area contributed by atoms with Gasteiger partial charge in [0, 0.05) is 23.8 Å². The van der Waals surface area contributed by atoms with Gasteiger partial charge in [0.05, 0.1) is 11.5 Å². The van der Waals surface area contributed by atoms with E-state index in [4.69, 9.17) is 4.74 Å². The smallest absolute Gasteiger partial charge is 0.261 e. The van der Waals surface area contributed by atoms with E-state index in [9.17, 15) is 13.2 Å². The van der Waals surface area contributed by atoms with Crippen molar-refractivity contribution in [1.82, 2.24) is 0 Å². The number of ether oxygens (including phenoxy) is 1. The molecule has 0 saturated heterocycles. The summed E-state index contributed by atoms with van der Waals surface area (Å²) in [6.45, 7) is 4.91. The summed E-state index contributed by atoms with van der Waals surface area (Å²) < 4.78 is 33.7. The van der Waals surface area contributed by atoms with Crippen molar-refractivity contribution < 1.29 is 17.9 Å². The van der Waals surface area contributed by atoms with Crippen LogP contribution in [-0.4, -0.2) is 27.5 Å². The summed E-state index contributed by atoms with van der Waals surface area (Å²) in [6, 6.07) is 10.2. The summed E-state index contributed by atoms with van der Waals surface area (Å²) in [5.74, 6) is 1.04. The predicted octanol–water partition coefficient (Wildman–Crippen LogP) is 3.49. The molecular formula is C21H24N2O4S. The predicted molar refractivity (Wildman–Crippen MR) is 108 cm³/mol. The fraction of sp³-hybridized carbons (Fsp3) is 0.381. The average Bonchev–Trinajstić information content (AvgIpc) is 3.42. The van der Waals surface area contributed by atoms with Gasteiger partial charge >= 0.3 is 0 Å². The highest BCUT2D eigenvalue weighted by molar-refractivity contribution is 7.92. The van der Waals surface area contributed by atoms with Crippen LogP contribution in [0, 0.1) is 12.8 Å². The van der Waals surface area contributed by atoms with Gasteiger partial charge in [-0.15, -0.1) is 0 Å². The van der Waals surface area contributed by atoms with Crippen molar-refractivity contribution in [3.05, 3.63) is 47.5 Å². The highest BCUT2D eigenvalue weighted by Gasteiger charge is 2.36. The van der Waals surface area contributed by atoms with Gasteiger partial charge in [-0.3, -0.25) is 9.52 Å². The van der Waals surface area contributed by atoms with Crippen molar-refractivity contribution in [2.24, 2.45) is 5.92 Å². The van der Waals surface area contributed by atoms with Crippen LogP contribution >= 0.6 is 0 Å². The normalized spacial score (nSPS) is 16.0. The van der Waals surface area contributed by atoms with Gasteiger partial charge in [-0.05, 0) is 80.6 Å². The van der Waals surface area contributed by atoms with E-state index in [2.05, 4.69) is 4.72 Å². The Bertz CT molecular complexity index is 1030. The minimum absolute atomic E-state index is 0.173. The third-order valence-corrected chi connectivity index (χ3v) is 6.56. The first-order valence-electron chi connectivity index (χ1n) is 9.59. The van der Waals surface area contributed by atoms with Crippen LogP contribution in [0.5, 0.6) is 5.75 Å². The van der Waals surface area contributed by atoms with Crippen LogP contribution < -0.4 is 14.4 Å². The molecule has 148 valence electrons. The Hall–Kier alpha value is -2.54. The number of nitrogens with one attached hydrogen (secondary N) is 1. The van der Waals surface area contributed by atoms with Crippen LogP contribution in [0.15, 0.2) is 41.3 Å². The van der Waals surface area contributed by atoms with Gasteiger partial charge in [0.1, 0.15) is 5.75 Å². The Morgan fingerprint density at radius 2 is 2.00 bits per heavy atom. The number of carbonyl (C=O) groups is 1. The molecule has 1 N–H and O–H groups in total. The molecular weight excluding hydrogens is 376 g/mol. The first-order valence-corrected chi connectivity index (χ1v) is 11.1. The van der Waals surface area contributed by atoms with Crippen molar-refractivity contribution in [1.29, 1.82) is 0 Å². The fourth-order valence-electron chi connectivity index (χ4n) is 3.57. The molecule has 0 bridgehead atoms. The summed E-state index contributed by atoms with van der Waals surface area (Å²) in [6.07, 6.45) is 2.69. The van der Waals surface area contributed by atoms with Crippen molar-refractivity contribution in [3.8, 4) is 5.75 Å².